The molecule has 0 bridgehead atoms. The fourth-order valence-corrected chi connectivity index (χ4v) is 2.41. The van der Waals surface area contributed by atoms with Crippen LogP contribution in [0.15, 0.2) is 41.2 Å². The van der Waals surface area contributed by atoms with Crippen LogP contribution >= 0.6 is 0 Å². The third kappa shape index (κ3) is 3.16. The van der Waals surface area contributed by atoms with Gasteiger partial charge in [-0.05, 0) is 12.1 Å². The van der Waals surface area contributed by atoms with Crippen molar-refractivity contribution in [2.45, 2.75) is 12.6 Å². The number of nitrogens with one attached hydrogen (secondary N) is 1. The average molecular weight is 341 g/mol. The topological polar surface area (TPSA) is 104 Å². The highest BCUT2D eigenvalue weighted by molar-refractivity contribution is 5.81. The van der Waals surface area contributed by atoms with Crippen molar-refractivity contribution in [3.05, 3.63) is 42.5 Å². The molecule has 1 aliphatic heterocycles. The second kappa shape index (κ2) is 6.27. The molecule has 1 aromatic carbocycles. The Morgan fingerprint density at radius 2 is 2.20 bits per heavy atom. The number of aryl methyl sites for hydroxylation is 1. The largest absolute Gasteiger partial charge is 0.485 e. The molecule has 1 aliphatic rings. The molecule has 1 amide bonds. The van der Waals surface area contributed by atoms with Gasteiger partial charge in [-0.3, -0.25) is 9.48 Å². The molecular formula is C16H15N5O4. The summed E-state index contributed by atoms with van der Waals surface area (Å²) in [5.41, 5.74) is 0.740. The minimum atomic E-state index is -0.726. The van der Waals surface area contributed by atoms with Crippen molar-refractivity contribution < 1.29 is 18.8 Å². The van der Waals surface area contributed by atoms with Gasteiger partial charge in [0.2, 0.25) is 17.8 Å². The molecule has 3 heterocycles. The van der Waals surface area contributed by atoms with E-state index in [9.17, 15) is 4.79 Å². The van der Waals surface area contributed by atoms with Gasteiger partial charge in [-0.2, -0.15) is 10.1 Å². The van der Waals surface area contributed by atoms with E-state index >= 15 is 0 Å². The highest BCUT2D eigenvalue weighted by Gasteiger charge is 2.27. The molecule has 4 rings (SSSR count). The number of rotatable bonds is 4. The Kier molecular flexibility index (Phi) is 3.81. The molecule has 128 valence electrons. The van der Waals surface area contributed by atoms with E-state index in [1.807, 2.05) is 12.1 Å². The van der Waals surface area contributed by atoms with Crippen LogP contribution in [0.2, 0.25) is 0 Å². The van der Waals surface area contributed by atoms with E-state index in [2.05, 4.69) is 20.6 Å². The van der Waals surface area contributed by atoms with Gasteiger partial charge in [-0.25, -0.2) is 0 Å². The van der Waals surface area contributed by atoms with E-state index in [0.29, 0.717) is 23.2 Å². The third-order valence-electron chi connectivity index (χ3n) is 3.65. The lowest BCUT2D eigenvalue weighted by atomic mass is 10.2. The van der Waals surface area contributed by atoms with Crippen molar-refractivity contribution in [2.75, 3.05) is 6.61 Å². The van der Waals surface area contributed by atoms with Crippen LogP contribution in [0.4, 0.5) is 0 Å². The van der Waals surface area contributed by atoms with Gasteiger partial charge in [-0.1, -0.05) is 17.3 Å². The van der Waals surface area contributed by atoms with Gasteiger partial charge >= 0.3 is 0 Å². The predicted octanol–water partition coefficient (Wildman–Crippen LogP) is 0.926. The first-order valence-corrected chi connectivity index (χ1v) is 7.67. The maximum Gasteiger partial charge on any atom is 0.265 e. The first-order valence-electron chi connectivity index (χ1n) is 7.67. The lowest BCUT2D eigenvalue weighted by Crippen LogP contribution is -2.43. The minimum absolute atomic E-state index is 0.105. The van der Waals surface area contributed by atoms with Crippen molar-refractivity contribution in [3.63, 3.8) is 0 Å². The van der Waals surface area contributed by atoms with E-state index in [1.165, 1.54) is 0 Å². The molecule has 9 heteroatoms. The van der Waals surface area contributed by atoms with Crippen molar-refractivity contribution in [2.24, 2.45) is 7.05 Å². The Morgan fingerprint density at radius 3 is 3.00 bits per heavy atom. The van der Waals surface area contributed by atoms with Gasteiger partial charge in [0.1, 0.15) is 6.61 Å². The Morgan fingerprint density at radius 1 is 1.36 bits per heavy atom. The van der Waals surface area contributed by atoms with Crippen LogP contribution in [-0.4, -0.2) is 38.5 Å². The molecule has 9 nitrogen and oxygen atoms in total. The SMILES string of the molecule is Cn1cc(-c2noc(CNC(=O)C3COc4ccccc4O3)n2)cn1. The first kappa shape index (κ1) is 15.2. The second-order valence-electron chi connectivity index (χ2n) is 5.50. The maximum absolute atomic E-state index is 12.2. The summed E-state index contributed by atoms with van der Waals surface area (Å²) in [5, 5.41) is 10.6. The number of benzene rings is 1. The van der Waals surface area contributed by atoms with Gasteiger partial charge in [-0.15, -0.1) is 0 Å². The van der Waals surface area contributed by atoms with Crippen LogP contribution in [0.5, 0.6) is 11.5 Å². The normalized spacial score (nSPS) is 15.8. The smallest absolute Gasteiger partial charge is 0.265 e. The number of ether oxygens (including phenoxy) is 2. The summed E-state index contributed by atoms with van der Waals surface area (Å²) >= 11 is 0. The van der Waals surface area contributed by atoms with Crippen LogP contribution in [0.3, 0.4) is 0 Å². The van der Waals surface area contributed by atoms with Crippen molar-refractivity contribution in [1.29, 1.82) is 0 Å². The molecule has 0 saturated heterocycles. The van der Waals surface area contributed by atoms with Crippen molar-refractivity contribution in [1.82, 2.24) is 25.2 Å². The average Bonchev–Trinajstić information content (AvgIpc) is 3.28. The molecule has 2 aromatic heterocycles. The molecule has 1 N–H and O–H groups in total. The zero-order chi connectivity index (χ0) is 17.2. The van der Waals surface area contributed by atoms with Crippen LogP contribution in [0, 0.1) is 0 Å². The molecule has 0 saturated carbocycles. The second-order valence-corrected chi connectivity index (χ2v) is 5.50. The van der Waals surface area contributed by atoms with Gasteiger partial charge in [0.15, 0.2) is 11.5 Å². The summed E-state index contributed by atoms with van der Waals surface area (Å²) in [4.78, 5) is 16.5. The van der Waals surface area contributed by atoms with E-state index in [0.717, 1.165) is 5.56 Å². The molecular weight excluding hydrogens is 326 g/mol. The monoisotopic (exact) mass is 341 g/mol. The number of carbonyl (C=O) groups is 1. The molecule has 0 spiro atoms. The number of hydrogen-bond acceptors (Lipinski definition) is 7. The van der Waals surface area contributed by atoms with Gasteiger partial charge in [0.25, 0.3) is 5.91 Å². The minimum Gasteiger partial charge on any atom is -0.485 e. The number of nitrogens with zero attached hydrogens (tertiary/aromatic N) is 4. The van der Waals surface area contributed by atoms with Crippen LogP contribution in [0.25, 0.3) is 11.4 Å². The van der Waals surface area contributed by atoms with Crippen LogP contribution in [0.1, 0.15) is 5.89 Å². The van der Waals surface area contributed by atoms with E-state index in [4.69, 9.17) is 14.0 Å². The maximum atomic E-state index is 12.2. The Hall–Kier alpha value is -3.36. The summed E-state index contributed by atoms with van der Waals surface area (Å²) in [7, 11) is 1.80. The fraction of sp³-hybridized carbons (Fsp3) is 0.250. The summed E-state index contributed by atoms with van der Waals surface area (Å²) in [6.07, 6.45) is 2.69. The van der Waals surface area contributed by atoms with E-state index in [-0.39, 0.29) is 19.1 Å². The number of hydrogen-bond donors (Lipinski definition) is 1. The highest BCUT2D eigenvalue weighted by Crippen LogP contribution is 2.30. The molecule has 0 fully saturated rings. The fourth-order valence-electron chi connectivity index (χ4n) is 2.41. The lowest BCUT2D eigenvalue weighted by molar-refractivity contribution is -0.130. The quantitative estimate of drug-likeness (QED) is 0.752. The number of carbonyl (C=O) groups excluding carboxylic acids is 1. The van der Waals surface area contributed by atoms with E-state index < -0.39 is 6.10 Å². The lowest BCUT2D eigenvalue weighted by Gasteiger charge is -2.25. The van der Waals surface area contributed by atoms with Gasteiger partial charge in [0, 0.05) is 13.2 Å². The zero-order valence-corrected chi connectivity index (χ0v) is 13.4. The molecule has 0 aliphatic carbocycles. The standard InChI is InChI=1S/C16H15N5O4/c1-21-8-10(6-18-21)15-19-14(25-20-15)7-17-16(22)13-9-23-11-4-2-3-5-12(11)24-13/h2-6,8,13H,7,9H2,1H3,(H,17,22). The molecule has 0 radical (unpaired) electrons. The Balaban J connectivity index is 1.36. The van der Waals surface area contributed by atoms with E-state index in [1.54, 1.807) is 36.3 Å². The third-order valence-corrected chi connectivity index (χ3v) is 3.65. The number of fused-ring (bicyclic) bond motifs is 1. The number of aromatic nitrogens is 4. The predicted molar refractivity (Wildman–Crippen MR) is 84.7 cm³/mol. The highest BCUT2D eigenvalue weighted by atomic mass is 16.6. The number of amides is 1. The first-order chi connectivity index (χ1) is 12.2. The van der Waals surface area contributed by atoms with Crippen LogP contribution < -0.4 is 14.8 Å². The Bertz CT molecular complexity index is 903. The van der Waals surface area contributed by atoms with Crippen molar-refractivity contribution in [3.8, 4) is 22.9 Å². The Labute approximate surface area is 142 Å². The van der Waals surface area contributed by atoms with Crippen LogP contribution in [-0.2, 0) is 18.4 Å². The summed E-state index contributed by atoms with van der Waals surface area (Å²) in [6.45, 7) is 0.251. The van der Waals surface area contributed by atoms with Gasteiger partial charge in [0.05, 0.1) is 18.3 Å². The molecule has 1 unspecified atom stereocenters. The zero-order valence-electron chi connectivity index (χ0n) is 13.4. The number of para-hydroxylation sites is 2. The summed E-state index contributed by atoms with van der Waals surface area (Å²) in [5.74, 6) is 1.58. The van der Waals surface area contributed by atoms with Gasteiger partial charge < -0.3 is 19.3 Å². The molecule has 1 atom stereocenters. The summed E-state index contributed by atoms with van der Waals surface area (Å²) in [6, 6.07) is 7.22. The summed E-state index contributed by atoms with van der Waals surface area (Å²) < 4.78 is 18.0. The molecule has 3 aromatic rings. The van der Waals surface area contributed by atoms with Crippen molar-refractivity contribution >= 4 is 5.91 Å². The molecule has 25 heavy (non-hydrogen) atoms.